The molecule has 0 saturated carbocycles. The van der Waals surface area contributed by atoms with Gasteiger partial charge in [0.1, 0.15) is 12.2 Å². The average Bonchev–Trinajstić information content (AvgIpc) is 2.19. The van der Waals surface area contributed by atoms with E-state index >= 15 is 0 Å². The van der Waals surface area contributed by atoms with Crippen LogP contribution in [0.1, 0.15) is 0 Å². The maximum atomic E-state index is 10.6. The van der Waals surface area contributed by atoms with Crippen molar-refractivity contribution in [3.05, 3.63) is 0 Å². The molecule has 0 radical (unpaired) electrons. The van der Waals surface area contributed by atoms with E-state index in [4.69, 9.17) is 29.8 Å². The molecular formula is C5H12O11P2. The van der Waals surface area contributed by atoms with Crippen LogP contribution in [-0.4, -0.2) is 61.0 Å². The SMILES string of the molecule is O=C[C@@H](OP(=O)(O)O)[C@@H](OP(=O)(O)O)[C@@H](O)CO. The third kappa shape index (κ3) is 7.29. The van der Waals surface area contributed by atoms with E-state index in [9.17, 15) is 13.9 Å². The van der Waals surface area contributed by atoms with Crippen molar-refractivity contribution < 1.29 is 52.8 Å². The normalized spacial score (nSPS) is 18.1. The second kappa shape index (κ2) is 6.83. The standard InChI is InChI=1S/C5H12O11P2/c6-1-3(8)5(16-18(12,13)14)4(2-7)15-17(9,10)11/h2-6,8H,1H2,(H2,9,10,11)(H2,12,13,14)/t3-,4+,5-/m0/s1. The lowest BCUT2D eigenvalue weighted by Gasteiger charge is -2.26. The van der Waals surface area contributed by atoms with Crippen molar-refractivity contribution in [2.75, 3.05) is 6.61 Å². The maximum Gasteiger partial charge on any atom is 0.470 e. The molecule has 0 rings (SSSR count). The molecule has 0 fully saturated rings. The molecule has 0 unspecified atom stereocenters. The van der Waals surface area contributed by atoms with Crippen molar-refractivity contribution in [3.8, 4) is 0 Å². The Bertz CT molecular complexity index is 356. The topological polar surface area (TPSA) is 191 Å². The maximum absolute atomic E-state index is 10.6. The Balaban J connectivity index is 5.08. The Kier molecular flexibility index (Phi) is 6.75. The monoisotopic (exact) mass is 310 g/mol. The lowest BCUT2D eigenvalue weighted by molar-refractivity contribution is -0.125. The Morgan fingerprint density at radius 1 is 1.06 bits per heavy atom. The van der Waals surface area contributed by atoms with Gasteiger partial charge in [-0.25, -0.2) is 9.13 Å². The van der Waals surface area contributed by atoms with Crippen molar-refractivity contribution >= 4 is 21.9 Å². The van der Waals surface area contributed by atoms with E-state index in [2.05, 4.69) is 9.05 Å². The first-order chi connectivity index (χ1) is 8.00. The highest BCUT2D eigenvalue weighted by Gasteiger charge is 2.38. The molecule has 6 N–H and O–H groups in total. The minimum absolute atomic E-state index is 0.238. The van der Waals surface area contributed by atoms with Gasteiger partial charge in [0.15, 0.2) is 12.4 Å². The van der Waals surface area contributed by atoms with Crippen molar-refractivity contribution in [1.82, 2.24) is 0 Å². The number of phosphoric ester groups is 2. The highest BCUT2D eigenvalue weighted by atomic mass is 31.2. The van der Waals surface area contributed by atoms with E-state index in [-0.39, 0.29) is 6.29 Å². The highest BCUT2D eigenvalue weighted by molar-refractivity contribution is 7.46. The third-order valence-corrected chi connectivity index (χ3v) is 2.58. The zero-order chi connectivity index (χ0) is 14.6. The Labute approximate surface area is 100 Å². The minimum atomic E-state index is -5.18. The number of phosphoric acid groups is 2. The van der Waals surface area contributed by atoms with Crippen LogP contribution in [-0.2, 0) is 23.0 Å². The van der Waals surface area contributed by atoms with Gasteiger partial charge in [-0.15, -0.1) is 0 Å². The minimum Gasteiger partial charge on any atom is -0.394 e. The van der Waals surface area contributed by atoms with Crippen LogP contribution in [0.15, 0.2) is 0 Å². The van der Waals surface area contributed by atoms with E-state index in [1.54, 1.807) is 0 Å². The first-order valence-electron chi connectivity index (χ1n) is 4.22. The number of aliphatic hydroxyl groups is 2. The van der Waals surface area contributed by atoms with Gasteiger partial charge in [0.05, 0.1) is 6.61 Å². The first kappa shape index (κ1) is 17.8. The summed E-state index contributed by atoms with van der Waals surface area (Å²) in [5, 5.41) is 17.8. The first-order valence-corrected chi connectivity index (χ1v) is 7.28. The van der Waals surface area contributed by atoms with E-state index in [1.165, 1.54) is 0 Å². The van der Waals surface area contributed by atoms with Crippen LogP contribution >= 0.6 is 15.6 Å². The summed E-state index contributed by atoms with van der Waals surface area (Å²) in [5.41, 5.74) is 0. The van der Waals surface area contributed by atoms with Crippen molar-refractivity contribution in [3.63, 3.8) is 0 Å². The van der Waals surface area contributed by atoms with E-state index in [0.29, 0.717) is 0 Å². The molecule has 0 saturated heterocycles. The number of hydrogen-bond acceptors (Lipinski definition) is 7. The predicted molar refractivity (Wildman–Crippen MR) is 53.0 cm³/mol. The summed E-state index contributed by atoms with van der Waals surface area (Å²) < 4.78 is 28.9. The van der Waals surface area contributed by atoms with E-state index < -0.39 is 40.6 Å². The van der Waals surface area contributed by atoms with Gasteiger partial charge >= 0.3 is 15.6 Å². The largest absolute Gasteiger partial charge is 0.470 e. The highest BCUT2D eigenvalue weighted by Crippen LogP contribution is 2.43. The molecule has 108 valence electrons. The molecule has 0 amide bonds. The van der Waals surface area contributed by atoms with Gasteiger partial charge in [-0.2, -0.15) is 0 Å². The molecule has 0 heterocycles. The van der Waals surface area contributed by atoms with Crippen molar-refractivity contribution in [2.45, 2.75) is 18.3 Å². The molecule has 0 aromatic rings. The van der Waals surface area contributed by atoms with Crippen molar-refractivity contribution in [1.29, 1.82) is 0 Å². The number of aliphatic hydroxyl groups excluding tert-OH is 2. The van der Waals surface area contributed by atoms with Crippen LogP contribution in [0.5, 0.6) is 0 Å². The average molecular weight is 310 g/mol. The number of aldehydes is 1. The Morgan fingerprint density at radius 2 is 1.50 bits per heavy atom. The Morgan fingerprint density at radius 3 is 1.78 bits per heavy atom. The summed E-state index contributed by atoms with van der Waals surface area (Å²) in [7, 11) is -10.3. The fraction of sp³-hybridized carbons (Fsp3) is 0.800. The lowest BCUT2D eigenvalue weighted by Crippen LogP contribution is -2.43. The quantitative estimate of drug-likeness (QED) is 0.205. The molecule has 3 atom stereocenters. The molecule has 0 aromatic heterocycles. The second-order valence-corrected chi connectivity index (χ2v) is 5.39. The Hall–Kier alpha value is -0.190. The van der Waals surface area contributed by atoms with Gasteiger partial charge in [-0.3, -0.25) is 9.05 Å². The molecule has 11 nitrogen and oxygen atoms in total. The van der Waals surface area contributed by atoms with Crippen LogP contribution in [0, 0.1) is 0 Å². The molecule has 0 aliphatic rings. The second-order valence-electron chi connectivity index (χ2n) is 3.01. The zero-order valence-electron chi connectivity index (χ0n) is 8.64. The van der Waals surface area contributed by atoms with Crippen LogP contribution in [0.3, 0.4) is 0 Å². The van der Waals surface area contributed by atoms with Crippen molar-refractivity contribution in [2.24, 2.45) is 0 Å². The lowest BCUT2D eigenvalue weighted by atomic mass is 10.1. The molecule has 13 heteroatoms. The van der Waals surface area contributed by atoms with Gasteiger partial charge in [-0.05, 0) is 0 Å². The summed E-state index contributed by atoms with van der Waals surface area (Å²) in [6.07, 6.45) is -6.57. The molecule has 0 aliphatic carbocycles. The van der Waals surface area contributed by atoms with Gasteiger partial charge in [-0.1, -0.05) is 0 Å². The zero-order valence-corrected chi connectivity index (χ0v) is 10.4. The summed E-state index contributed by atoms with van der Waals surface area (Å²) >= 11 is 0. The van der Waals surface area contributed by atoms with Crippen LogP contribution < -0.4 is 0 Å². The van der Waals surface area contributed by atoms with Gasteiger partial charge in [0.2, 0.25) is 0 Å². The van der Waals surface area contributed by atoms with Gasteiger partial charge in [0.25, 0.3) is 0 Å². The van der Waals surface area contributed by atoms with Gasteiger partial charge < -0.3 is 34.6 Å². The number of carbonyl (C=O) groups is 1. The molecule has 0 spiro atoms. The smallest absolute Gasteiger partial charge is 0.394 e. The van der Waals surface area contributed by atoms with Crippen LogP contribution in [0.25, 0.3) is 0 Å². The summed E-state index contributed by atoms with van der Waals surface area (Å²) in [6.45, 7) is -1.08. The van der Waals surface area contributed by atoms with Crippen LogP contribution in [0.2, 0.25) is 0 Å². The van der Waals surface area contributed by atoms with Crippen LogP contribution in [0.4, 0.5) is 0 Å². The van der Waals surface area contributed by atoms with E-state index in [1.807, 2.05) is 0 Å². The fourth-order valence-corrected chi connectivity index (χ4v) is 2.00. The fourth-order valence-electron chi connectivity index (χ4n) is 0.932. The molecule has 0 aromatic carbocycles. The molecule has 18 heavy (non-hydrogen) atoms. The summed E-state index contributed by atoms with van der Waals surface area (Å²) in [5.74, 6) is 0. The molecular weight excluding hydrogens is 298 g/mol. The molecule has 0 aliphatic heterocycles. The summed E-state index contributed by atoms with van der Waals surface area (Å²) in [6, 6.07) is 0. The number of hydrogen-bond donors (Lipinski definition) is 6. The third-order valence-electron chi connectivity index (χ3n) is 1.54. The number of rotatable bonds is 8. The predicted octanol–water partition coefficient (Wildman–Crippen LogP) is -2.51. The number of carbonyl (C=O) groups excluding carboxylic acids is 1. The van der Waals surface area contributed by atoms with Gasteiger partial charge in [0, 0.05) is 0 Å². The summed E-state index contributed by atoms with van der Waals surface area (Å²) in [4.78, 5) is 44.5. The van der Waals surface area contributed by atoms with E-state index in [0.717, 1.165) is 0 Å². The molecule has 0 bridgehead atoms.